The highest BCUT2D eigenvalue weighted by Gasteiger charge is 2.45. The second kappa shape index (κ2) is 8.37. The minimum atomic E-state index is -4.84. The van der Waals surface area contributed by atoms with Gasteiger partial charge in [-0.2, -0.15) is 0 Å². The summed E-state index contributed by atoms with van der Waals surface area (Å²) >= 11 is 0. The van der Waals surface area contributed by atoms with E-state index in [1.165, 1.54) is 0 Å². The van der Waals surface area contributed by atoms with Crippen molar-refractivity contribution in [1.82, 2.24) is 14.3 Å². The van der Waals surface area contributed by atoms with Crippen LogP contribution in [0.4, 0.5) is 0 Å². The molecule has 0 saturated carbocycles. The van der Waals surface area contributed by atoms with Crippen molar-refractivity contribution in [1.29, 1.82) is 0 Å². The fourth-order valence-corrected chi connectivity index (χ4v) is 3.89. The van der Waals surface area contributed by atoms with E-state index in [-0.39, 0.29) is 6.54 Å². The Morgan fingerprint density at radius 1 is 1.19 bits per heavy atom. The molecular weight excluding hydrogens is 449 g/mol. The summed E-state index contributed by atoms with van der Waals surface area (Å²) in [6.45, 7) is 0.887. The summed E-state index contributed by atoms with van der Waals surface area (Å²) < 4.78 is 27.7. The van der Waals surface area contributed by atoms with E-state index in [1.54, 1.807) is 12.1 Å². The number of hydrogen-bond acceptors (Lipinski definition) is 9. The van der Waals surface area contributed by atoms with E-state index in [9.17, 15) is 24.4 Å². The fourth-order valence-electron chi connectivity index (χ4n) is 3.55. The van der Waals surface area contributed by atoms with Gasteiger partial charge < -0.3 is 29.3 Å². The molecule has 172 valence electrons. The first-order valence-electron chi connectivity index (χ1n) is 9.44. The third kappa shape index (κ3) is 4.19. The molecule has 1 aromatic carbocycles. The zero-order valence-corrected chi connectivity index (χ0v) is 17.5. The maximum absolute atomic E-state index is 13.0. The molecule has 14 heteroatoms. The number of aromatic nitrogens is 3. The van der Waals surface area contributed by atoms with Crippen molar-refractivity contribution in [2.24, 2.45) is 0 Å². The predicted octanol–water partition coefficient (Wildman–Crippen LogP) is -0.764. The number of benzene rings is 1. The Balaban J connectivity index is 1.65. The summed E-state index contributed by atoms with van der Waals surface area (Å²) in [7, 11) is -4.84. The Bertz CT molecular complexity index is 1310. The largest absolute Gasteiger partial charge is 0.469 e. The van der Waals surface area contributed by atoms with Crippen LogP contribution in [0.15, 0.2) is 44.6 Å². The molecule has 0 bridgehead atoms. The van der Waals surface area contributed by atoms with Crippen LogP contribution in [0.1, 0.15) is 17.5 Å². The molecule has 0 spiro atoms. The second-order valence-electron chi connectivity index (χ2n) is 7.34. The lowest BCUT2D eigenvalue weighted by atomic mass is 10.1. The summed E-state index contributed by atoms with van der Waals surface area (Å²) in [6, 6.07) is 6.44. The third-order valence-electron chi connectivity index (χ3n) is 5.19. The minimum Gasteiger partial charge on any atom is -0.387 e. The maximum atomic E-state index is 13.0. The molecule has 3 heterocycles. The van der Waals surface area contributed by atoms with Crippen molar-refractivity contribution in [3.05, 3.63) is 62.6 Å². The molecule has 13 nitrogen and oxygen atoms in total. The van der Waals surface area contributed by atoms with Crippen LogP contribution in [0.3, 0.4) is 0 Å². The van der Waals surface area contributed by atoms with Gasteiger partial charge in [-0.1, -0.05) is 17.3 Å². The first kappa shape index (κ1) is 22.6. The number of phosphoric acid groups is 1. The van der Waals surface area contributed by atoms with E-state index >= 15 is 0 Å². The van der Waals surface area contributed by atoms with Gasteiger partial charge in [-0.3, -0.25) is 18.5 Å². The number of ether oxygens (including phenoxy) is 1. The summed E-state index contributed by atoms with van der Waals surface area (Å²) in [5, 5.41) is 25.0. The molecule has 1 aliphatic rings. The standard InChI is InChI=1S/C18H20N3O10P/c1-9-3-2-4-10-11(19-31-16(9)10)7-21-13(22)5-6-20(18(21)25)17-15(24)14(23)12(30-17)8-29-32(26,27)28/h2-6,12,14-15,17,23-24H,7-8H2,1H3,(H2,26,27,28)/t12-,14+,15+,17-/m1/s1. The average molecular weight is 469 g/mol. The lowest BCUT2D eigenvalue weighted by Gasteiger charge is -2.18. The van der Waals surface area contributed by atoms with Crippen LogP contribution >= 0.6 is 7.82 Å². The topological polar surface area (TPSA) is 186 Å². The van der Waals surface area contributed by atoms with Crippen LogP contribution < -0.4 is 11.2 Å². The van der Waals surface area contributed by atoms with Gasteiger partial charge in [-0.25, -0.2) is 9.36 Å². The van der Waals surface area contributed by atoms with Crippen molar-refractivity contribution in [2.45, 2.75) is 38.0 Å². The van der Waals surface area contributed by atoms with Gasteiger partial charge in [0.1, 0.15) is 24.0 Å². The monoisotopic (exact) mass is 469 g/mol. The molecule has 32 heavy (non-hydrogen) atoms. The van der Waals surface area contributed by atoms with Gasteiger partial charge in [-0.05, 0) is 18.6 Å². The highest BCUT2D eigenvalue weighted by molar-refractivity contribution is 7.46. The van der Waals surface area contributed by atoms with Crippen LogP contribution in [-0.2, 0) is 20.4 Å². The molecule has 0 radical (unpaired) electrons. The summed E-state index contributed by atoms with van der Waals surface area (Å²) in [4.78, 5) is 43.1. The Morgan fingerprint density at radius 3 is 2.66 bits per heavy atom. The number of rotatable bonds is 6. The van der Waals surface area contributed by atoms with Crippen LogP contribution in [-0.4, -0.2) is 59.2 Å². The third-order valence-corrected chi connectivity index (χ3v) is 5.68. The molecule has 4 atom stereocenters. The van der Waals surface area contributed by atoms with Crippen molar-refractivity contribution < 1.29 is 38.3 Å². The van der Waals surface area contributed by atoms with Crippen LogP contribution in [0.2, 0.25) is 0 Å². The van der Waals surface area contributed by atoms with Crippen molar-refractivity contribution in [2.75, 3.05) is 6.61 Å². The predicted molar refractivity (Wildman–Crippen MR) is 107 cm³/mol. The molecule has 0 amide bonds. The average Bonchev–Trinajstić information content (AvgIpc) is 3.26. The zero-order valence-electron chi connectivity index (χ0n) is 16.6. The number of aliphatic hydroxyl groups is 2. The zero-order chi connectivity index (χ0) is 23.2. The molecule has 1 saturated heterocycles. The smallest absolute Gasteiger partial charge is 0.387 e. The molecule has 0 unspecified atom stereocenters. The van der Waals surface area contributed by atoms with E-state index in [2.05, 4.69) is 9.68 Å². The van der Waals surface area contributed by atoms with Gasteiger partial charge in [-0.15, -0.1) is 0 Å². The Morgan fingerprint density at radius 2 is 1.94 bits per heavy atom. The number of para-hydroxylation sites is 1. The van der Waals surface area contributed by atoms with E-state index < -0.39 is 50.2 Å². The van der Waals surface area contributed by atoms with E-state index in [0.717, 1.165) is 27.0 Å². The first-order chi connectivity index (χ1) is 15.1. The minimum absolute atomic E-state index is 0.217. The summed E-state index contributed by atoms with van der Waals surface area (Å²) in [6.07, 6.45) is -4.87. The molecule has 2 aromatic heterocycles. The van der Waals surface area contributed by atoms with Crippen LogP contribution in [0.25, 0.3) is 11.0 Å². The van der Waals surface area contributed by atoms with Crippen molar-refractivity contribution in [3.8, 4) is 0 Å². The molecular formula is C18H20N3O10P. The van der Waals surface area contributed by atoms with Crippen LogP contribution in [0.5, 0.6) is 0 Å². The van der Waals surface area contributed by atoms with E-state index in [1.807, 2.05) is 13.0 Å². The first-order valence-corrected chi connectivity index (χ1v) is 11.0. The second-order valence-corrected chi connectivity index (χ2v) is 8.58. The lowest BCUT2D eigenvalue weighted by molar-refractivity contribution is -0.0548. The molecule has 4 N–H and O–H groups in total. The Kier molecular flexibility index (Phi) is 5.90. The maximum Gasteiger partial charge on any atom is 0.469 e. The molecule has 4 rings (SSSR count). The summed E-state index contributed by atoms with van der Waals surface area (Å²) in [5.74, 6) is 0. The van der Waals surface area contributed by atoms with Gasteiger partial charge in [0, 0.05) is 17.6 Å². The van der Waals surface area contributed by atoms with Gasteiger partial charge >= 0.3 is 13.5 Å². The van der Waals surface area contributed by atoms with E-state index in [0.29, 0.717) is 16.7 Å². The summed E-state index contributed by atoms with van der Waals surface area (Å²) in [5.41, 5.74) is 0.219. The highest BCUT2D eigenvalue weighted by atomic mass is 31.2. The van der Waals surface area contributed by atoms with Gasteiger partial charge in [0.2, 0.25) is 0 Å². The number of nitrogens with zero attached hydrogens (tertiary/aromatic N) is 3. The lowest BCUT2D eigenvalue weighted by Crippen LogP contribution is -2.43. The number of aryl methyl sites for hydroxylation is 1. The van der Waals surface area contributed by atoms with Gasteiger partial charge in [0.05, 0.1) is 13.2 Å². The molecule has 0 aliphatic carbocycles. The molecule has 1 aliphatic heterocycles. The van der Waals surface area contributed by atoms with E-state index in [4.69, 9.17) is 19.0 Å². The highest BCUT2D eigenvalue weighted by Crippen LogP contribution is 2.38. The SMILES string of the molecule is Cc1cccc2c(Cn3c(=O)ccn([C@@H]4O[C@H](COP(=O)(O)O)[C@H](O)[C@@H]4O)c3=O)noc12. The van der Waals surface area contributed by atoms with Crippen LogP contribution in [0, 0.1) is 6.92 Å². The Hall–Kier alpha value is -2.64. The molecule has 1 fully saturated rings. The van der Waals surface area contributed by atoms with Crippen molar-refractivity contribution in [3.63, 3.8) is 0 Å². The van der Waals surface area contributed by atoms with Gasteiger partial charge in [0.25, 0.3) is 5.56 Å². The number of hydrogen-bond donors (Lipinski definition) is 4. The Labute approximate surface area is 179 Å². The normalized spacial score (nSPS) is 23.8. The number of phosphoric ester groups is 1. The van der Waals surface area contributed by atoms with Crippen molar-refractivity contribution >= 4 is 18.8 Å². The number of aliphatic hydroxyl groups excluding tert-OH is 2. The molecule has 3 aromatic rings. The van der Waals surface area contributed by atoms with Gasteiger partial charge in [0.15, 0.2) is 11.8 Å². The number of fused-ring (bicyclic) bond motifs is 1. The quantitative estimate of drug-likeness (QED) is 0.332. The fraction of sp³-hybridized carbons (Fsp3) is 0.389.